The number of amides is 1. The maximum Gasteiger partial charge on any atom is 0.333 e. The average molecular weight is 503 g/mol. The van der Waals surface area contributed by atoms with Gasteiger partial charge in [0, 0.05) is 24.8 Å². The summed E-state index contributed by atoms with van der Waals surface area (Å²) in [7, 11) is 4.18. The molecule has 0 radical (unpaired) electrons. The predicted molar refractivity (Wildman–Crippen MR) is 135 cm³/mol. The highest BCUT2D eigenvalue weighted by Crippen LogP contribution is 2.26. The van der Waals surface area contributed by atoms with Crippen LogP contribution in [0.25, 0.3) is 0 Å². The first-order valence-corrected chi connectivity index (χ1v) is 11.4. The van der Waals surface area contributed by atoms with Crippen molar-refractivity contribution in [3.05, 3.63) is 79.5 Å². The fraction of sp³-hybridized carbons (Fsp3) is 0.217. The van der Waals surface area contributed by atoms with Crippen molar-refractivity contribution in [2.24, 2.45) is 19.1 Å². The second-order valence-electron chi connectivity index (χ2n) is 7.27. The van der Waals surface area contributed by atoms with E-state index in [4.69, 9.17) is 16.3 Å². The van der Waals surface area contributed by atoms with Crippen molar-refractivity contribution in [2.45, 2.75) is 6.92 Å². The summed E-state index contributed by atoms with van der Waals surface area (Å²) in [5.41, 5.74) is 0.148. The van der Waals surface area contributed by atoms with Crippen LogP contribution < -0.4 is 21.3 Å². The van der Waals surface area contributed by atoms with E-state index in [-0.39, 0.29) is 22.3 Å². The second-order valence-corrected chi connectivity index (χ2v) is 8.64. The molecule has 11 heteroatoms. The van der Waals surface area contributed by atoms with Crippen molar-refractivity contribution < 1.29 is 14.6 Å². The third kappa shape index (κ3) is 5.35. The molecule has 0 aliphatic heterocycles. The molecule has 0 atom stereocenters. The van der Waals surface area contributed by atoms with E-state index in [0.29, 0.717) is 22.1 Å². The molecule has 0 unspecified atom stereocenters. The van der Waals surface area contributed by atoms with Crippen LogP contribution in [-0.2, 0) is 18.9 Å². The molecule has 9 nitrogen and oxygen atoms in total. The van der Waals surface area contributed by atoms with E-state index in [9.17, 15) is 19.5 Å². The van der Waals surface area contributed by atoms with E-state index in [2.05, 4.69) is 10.3 Å². The third-order valence-electron chi connectivity index (χ3n) is 5.03. The first-order chi connectivity index (χ1) is 16.1. The number of hydrogen-bond acceptors (Lipinski definition) is 7. The summed E-state index contributed by atoms with van der Waals surface area (Å²) in [5, 5.41) is 14.0. The fourth-order valence-electron chi connectivity index (χ4n) is 3.02. The molecule has 34 heavy (non-hydrogen) atoms. The van der Waals surface area contributed by atoms with Crippen LogP contribution in [-0.4, -0.2) is 38.1 Å². The molecule has 1 heterocycles. The molecule has 0 saturated heterocycles. The number of aromatic nitrogens is 2. The monoisotopic (exact) mass is 502 g/mol. The number of methoxy groups -OCH3 is 1. The largest absolute Gasteiger partial charge is 0.497 e. The molecule has 0 spiro atoms. The average Bonchev–Trinajstić information content (AvgIpc) is 2.83. The number of rotatable bonds is 6. The van der Waals surface area contributed by atoms with Crippen molar-refractivity contribution in [3.8, 4) is 11.6 Å². The van der Waals surface area contributed by atoms with Crippen LogP contribution in [0.4, 0.5) is 11.4 Å². The molecule has 3 rings (SSSR count). The number of carbonyl (C=O) groups excluding carboxylic acids is 1. The van der Waals surface area contributed by atoms with Gasteiger partial charge in [-0.05, 0) is 48.9 Å². The maximum absolute atomic E-state index is 12.9. The minimum atomic E-state index is -0.730. The van der Waals surface area contributed by atoms with Gasteiger partial charge in [-0.1, -0.05) is 29.4 Å². The Bertz CT molecular complexity index is 1380. The van der Waals surface area contributed by atoms with Gasteiger partial charge in [0.1, 0.15) is 16.4 Å². The van der Waals surface area contributed by atoms with Gasteiger partial charge < -0.3 is 15.2 Å². The number of benzene rings is 2. The number of anilines is 1. The van der Waals surface area contributed by atoms with E-state index >= 15 is 0 Å². The van der Waals surface area contributed by atoms with E-state index in [1.165, 1.54) is 21.2 Å². The molecule has 0 fully saturated rings. The Morgan fingerprint density at radius 3 is 2.47 bits per heavy atom. The normalized spacial score (nSPS) is 11.4. The highest BCUT2D eigenvalue weighted by molar-refractivity contribution is 8.15. The molecule has 0 bridgehead atoms. The number of halogens is 1. The van der Waals surface area contributed by atoms with Crippen molar-refractivity contribution in [3.63, 3.8) is 0 Å². The maximum atomic E-state index is 12.9. The second kappa shape index (κ2) is 10.6. The summed E-state index contributed by atoms with van der Waals surface area (Å²) < 4.78 is 6.96. The fourth-order valence-corrected chi connectivity index (χ4v) is 4.03. The molecule has 1 aromatic heterocycles. The number of aromatic hydroxyl groups is 1. The number of aliphatic imine (C=N–C) groups is 1. The molecule has 0 aliphatic carbocycles. The van der Waals surface area contributed by atoms with Crippen molar-refractivity contribution in [1.29, 1.82) is 0 Å². The number of ether oxygens (including phenoxy) is 1. The van der Waals surface area contributed by atoms with Gasteiger partial charge in [0.15, 0.2) is 0 Å². The van der Waals surface area contributed by atoms with Crippen molar-refractivity contribution in [2.75, 3.05) is 18.2 Å². The zero-order valence-corrected chi connectivity index (χ0v) is 20.5. The van der Waals surface area contributed by atoms with E-state index in [1.807, 2.05) is 0 Å². The summed E-state index contributed by atoms with van der Waals surface area (Å²) >= 11 is 7.07. The summed E-state index contributed by atoms with van der Waals surface area (Å²) in [6.07, 6.45) is 0. The highest BCUT2D eigenvalue weighted by Gasteiger charge is 2.22. The van der Waals surface area contributed by atoms with Gasteiger partial charge in [0.25, 0.3) is 5.56 Å². The molecule has 2 N–H and O–H groups in total. The van der Waals surface area contributed by atoms with Gasteiger partial charge in [-0.3, -0.25) is 18.7 Å². The van der Waals surface area contributed by atoms with Gasteiger partial charge in [-0.2, -0.15) is 0 Å². The first kappa shape index (κ1) is 25.1. The zero-order valence-electron chi connectivity index (χ0n) is 19.0. The van der Waals surface area contributed by atoms with Crippen LogP contribution in [0.5, 0.6) is 11.6 Å². The summed E-state index contributed by atoms with van der Waals surface area (Å²) in [6.45, 7) is 1.79. The number of hydrogen-bond donors (Lipinski definition) is 2. The van der Waals surface area contributed by atoms with Gasteiger partial charge in [0.2, 0.25) is 11.8 Å². The zero-order chi connectivity index (χ0) is 25.0. The minimum absolute atomic E-state index is 0.0804. The first-order valence-electron chi connectivity index (χ1n) is 10.0. The van der Waals surface area contributed by atoms with Crippen LogP contribution in [0.1, 0.15) is 11.1 Å². The van der Waals surface area contributed by atoms with Gasteiger partial charge in [0.05, 0.1) is 18.6 Å². The summed E-state index contributed by atoms with van der Waals surface area (Å²) in [6, 6.07) is 11.9. The van der Waals surface area contributed by atoms with Gasteiger partial charge in [-0.25, -0.2) is 9.79 Å². The Morgan fingerprint density at radius 1 is 1.15 bits per heavy atom. The third-order valence-corrected chi connectivity index (χ3v) is 6.42. The topological polar surface area (TPSA) is 115 Å². The predicted octanol–water partition coefficient (Wildman–Crippen LogP) is 3.21. The molecule has 3 aromatic rings. The number of nitrogens with one attached hydrogen (secondary N) is 1. The molecule has 2 aromatic carbocycles. The number of carbonyl (C=O) groups is 1. The van der Waals surface area contributed by atoms with E-state index in [1.54, 1.807) is 49.4 Å². The smallest absolute Gasteiger partial charge is 0.333 e. The molecule has 1 amide bonds. The Balaban J connectivity index is 1.99. The van der Waals surface area contributed by atoms with Crippen LogP contribution >= 0.6 is 23.4 Å². The minimum Gasteiger partial charge on any atom is -0.497 e. The molecular formula is C23H23ClN4O5S. The lowest BCUT2D eigenvalue weighted by Gasteiger charge is -2.13. The van der Waals surface area contributed by atoms with E-state index < -0.39 is 17.1 Å². The lowest BCUT2D eigenvalue weighted by atomic mass is 10.2. The standard InChI is InChI=1S/C23H23ClN4O5S/c1-13-16(24)6-5-7-17(13)26-18(29)12-34-20(25-14-8-10-15(33-4)11-9-14)19-21(30)27(2)23(32)28(3)22(19)31/h5-11,30H,12H2,1-4H3,(H,26,29). The van der Waals surface area contributed by atoms with Crippen molar-refractivity contribution >= 4 is 45.7 Å². The van der Waals surface area contributed by atoms with Crippen LogP contribution in [0.15, 0.2) is 57.0 Å². The molecule has 178 valence electrons. The lowest BCUT2D eigenvalue weighted by molar-refractivity contribution is -0.113. The Morgan fingerprint density at radius 2 is 1.82 bits per heavy atom. The lowest BCUT2D eigenvalue weighted by Crippen LogP contribution is -2.39. The Labute approximate surface area is 204 Å². The van der Waals surface area contributed by atoms with E-state index in [0.717, 1.165) is 26.5 Å². The van der Waals surface area contributed by atoms with Gasteiger partial charge in [-0.15, -0.1) is 0 Å². The van der Waals surface area contributed by atoms with Crippen LogP contribution in [0.3, 0.4) is 0 Å². The SMILES string of the molecule is COc1ccc(N=C(SCC(=O)Nc2cccc(Cl)c2C)c2c(O)n(C)c(=O)n(C)c2=O)cc1. The quantitative estimate of drug-likeness (QED) is 0.395. The number of nitrogens with zero attached hydrogens (tertiary/aromatic N) is 3. The van der Waals surface area contributed by atoms with Crippen LogP contribution in [0, 0.1) is 6.92 Å². The molecular weight excluding hydrogens is 480 g/mol. The molecule has 0 saturated carbocycles. The Hall–Kier alpha value is -3.50. The highest BCUT2D eigenvalue weighted by atomic mass is 35.5. The summed E-state index contributed by atoms with van der Waals surface area (Å²) in [4.78, 5) is 42.2. The molecule has 0 aliphatic rings. The van der Waals surface area contributed by atoms with Crippen molar-refractivity contribution in [1.82, 2.24) is 9.13 Å². The van der Waals surface area contributed by atoms with Gasteiger partial charge >= 0.3 is 5.69 Å². The van der Waals surface area contributed by atoms with Crippen LogP contribution in [0.2, 0.25) is 5.02 Å². The number of thioether (sulfide) groups is 1. The summed E-state index contributed by atoms with van der Waals surface area (Å²) in [5.74, 6) is -0.407. The Kier molecular flexibility index (Phi) is 7.85.